The van der Waals surface area contributed by atoms with Crippen LogP contribution in [0.1, 0.15) is 19.4 Å². The maximum Gasteiger partial charge on any atom is 0.407 e. The third-order valence-electron chi connectivity index (χ3n) is 5.13. The summed E-state index contributed by atoms with van der Waals surface area (Å²) in [5, 5.41) is 12.3. The van der Waals surface area contributed by atoms with Gasteiger partial charge in [0.2, 0.25) is 0 Å². The molecule has 27 heavy (non-hydrogen) atoms. The first-order valence-corrected chi connectivity index (χ1v) is 10.6. The molecule has 0 bridgehead atoms. The summed E-state index contributed by atoms with van der Waals surface area (Å²) in [6, 6.07) is 7.86. The van der Waals surface area contributed by atoms with Gasteiger partial charge in [-0.05, 0) is 31.5 Å². The second-order valence-electron chi connectivity index (χ2n) is 7.31. The summed E-state index contributed by atoms with van der Waals surface area (Å²) in [6.07, 6.45) is -0.845. The molecule has 3 rings (SSSR count). The largest absolute Gasteiger partial charge is 0.465 e. The molecule has 8 heteroatoms. The van der Waals surface area contributed by atoms with E-state index in [2.05, 4.69) is 10.2 Å². The topological polar surface area (TPSA) is 76.1 Å². The summed E-state index contributed by atoms with van der Waals surface area (Å²) in [6.45, 7) is 7.73. The number of piperazine rings is 1. The van der Waals surface area contributed by atoms with Crippen LogP contribution in [0.25, 0.3) is 0 Å². The second kappa shape index (κ2) is 8.84. The number of carbonyl (C=O) groups is 2. The number of urea groups is 1. The highest BCUT2D eigenvalue weighted by molar-refractivity contribution is 7.99. The van der Waals surface area contributed by atoms with E-state index < -0.39 is 6.09 Å². The predicted molar refractivity (Wildman–Crippen MR) is 108 cm³/mol. The number of nitrogens with one attached hydrogen (secondary N) is 1. The van der Waals surface area contributed by atoms with E-state index in [1.165, 1.54) is 4.90 Å². The van der Waals surface area contributed by atoms with Gasteiger partial charge in [0.1, 0.15) is 0 Å². The molecule has 2 N–H and O–H groups in total. The smallest absolute Gasteiger partial charge is 0.407 e. The van der Waals surface area contributed by atoms with Crippen molar-refractivity contribution in [2.75, 3.05) is 43.0 Å². The van der Waals surface area contributed by atoms with Gasteiger partial charge in [-0.2, -0.15) is 11.8 Å². The van der Waals surface area contributed by atoms with Crippen LogP contribution < -0.4 is 5.32 Å². The van der Waals surface area contributed by atoms with Crippen LogP contribution in [-0.4, -0.2) is 81.7 Å². The monoisotopic (exact) mass is 392 g/mol. The molecule has 2 fully saturated rings. The number of anilines is 1. The molecule has 0 spiro atoms. The molecule has 0 saturated carbocycles. The fourth-order valence-electron chi connectivity index (χ4n) is 3.86. The van der Waals surface area contributed by atoms with Crippen molar-refractivity contribution in [2.24, 2.45) is 0 Å². The first-order chi connectivity index (χ1) is 12.9. The third kappa shape index (κ3) is 5.07. The van der Waals surface area contributed by atoms with Crippen molar-refractivity contribution in [2.45, 2.75) is 32.5 Å². The number of rotatable bonds is 3. The Morgan fingerprint density at radius 2 is 1.70 bits per heavy atom. The van der Waals surface area contributed by atoms with Crippen molar-refractivity contribution in [1.82, 2.24) is 14.7 Å². The molecule has 7 nitrogen and oxygen atoms in total. The van der Waals surface area contributed by atoms with Gasteiger partial charge in [0.15, 0.2) is 0 Å². The van der Waals surface area contributed by atoms with Gasteiger partial charge in [-0.25, -0.2) is 9.59 Å². The van der Waals surface area contributed by atoms with E-state index in [-0.39, 0.29) is 18.1 Å². The van der Waals surface area contributed by atoms with E-state index in [1.54, 1.807) is 0 Å². The van der Waals surface area contributed by atoms with Gasteiger partial charge in [-0.15, -0.1) is 0 Å². The van der Waals surface area contributed by atoms with Crippen LogP contribution in [0.15, 0.2) is 24.3 Å². The maximum atomic E-state index is 12.3. The van der Waals surface area contributed by atoms with E-state index in [1.807, 2.05) is 54.8 Å². The molecule has 148 valence electrons. The lowest BCUT2D eigenvalue weighted by molar-refractivity contribution is 0.0381. The first-order valence-electron chi connectivity index (χ1n) is 9.40. The van der Waals surface area contributed by atoms with Gasteiger partial charge in [-0.1, -0.05) is 12.1 Å². The average Bonchev–Trinajstić information content (AvgIpc) is 2.63. The zero-order valence-corrected chi connectivity index (χ0v) is 16.7. The van der Waals surface area contributed by atoms with Crippen molar-refractivity contribution in [3.8, 4) is 0 Å². The maximum absolute atomic E-state index is 12.3. The van der Waals surface area contributed by atoms with Gasteiger partial charge >= 0.3 is 12.1 Å². The number of hydrogen-bond acceptors (Lipinski definition) is 4. The summed E-state index contributed by atoms with van der Waals surface area (Å²) < 4.78 is 0. The molecule has 2 atom stereocenters. The quantitative estimate of drug-likeness (QED) is 0.827. The normalized spacial score (nSPS) is 23.9. The summed E-state index contributed by atoms with van der Waals surface area (Å²) in [5.74, 6) is 2.00. The van der Waals surface area contributed by atoms with Gasteiger partial charge in [-0.3, -0.25) is 4.90 Å². The Kier molecular flexibility index (Phi) is 6.49. The van der Waals surface area contributed by atoms with Crippen molar-refractivity contribution >= 4 is 29.6 Å². The summed E-state index contributed by atoms with van der Waals surface area (Å²) in [5.41, 5.74) is 1.96. The van der Waals surface area contributed by atoms with E-state index in [0.717, 1.165) is 55.5 Å². The highest BCUT2D eigenvalue weighted by atomic mass is 32.2. The molecule has 2 saturated heterocycles. The number of benzene rings is 1. The molecule has 0 radical (unpaired) electrons. The second-order valence-corrected chi connectivity index (χ2v) is 8.53. The summed E-state index contributed by atoms with van der Waals surface area (Å²) in [4.78, 5) is 29.3. The van der Waals surface area contributed by atoms with Crippen LogP contribution in [0, 0.1) is 0 Å². The number of thioether (sulfide) groups is 1. The Labute approximate surface area is 164 Å². The van der Waals surface area contributed by atoms with Crippen LogP contribution in [0.3, 0.4) is 0 Å². The van der Waals surface area contributed by atoms with E-state index in [0.29, 0.717) is 0 Å². The Bertz CT molecular complexity index is 651. The molecule has 2 aliphatic rings. The molecular formula is C19H28N4O3S. The Morgan fingerprint density at radius 1 is 1.11 bits per heavy atom. The molecule has 1 aromatic carbocycles. The first kappa shape index (κ1) is 19.8. The summed E-state index contributed by atoms with van der Waals surface area (Å²) >= 11 is 1.88. The zero-order valence-electron chi connectivity index (χ0n) is 15.9. The van der Waals surface area contributed by atoms with E-state index in [4.69, 9.17) is 0 Å². The fourth-order valence-corrected chi connectivity index (χ4v) is 4.76. The highest BCUT2D eigenvalue weighted by Crippen LogP contribution is 2.19. The number of hydrogen-bond donors (Lipinski definition) is 2. The number of carbonyl (C=O) groups excluding carboxylic acids is 1. The number of carboxylic acid groups (broad SMARTS) is 1. The number of amides is 3. The van der Waals surface area contributed by atoms with Crippen LogP contribution in [-0.2, 0) is 6.54 Å². The minimum Gasteiger partial charge on any atom is -0.465 e. The third-order valence-corrected chi connectivity index (χ3v) is 6.07. The average molecular weight is 393 g/mol. The van der Waals surface area contributed by atoms with Gasteiger partial charge in [0.25, 0.3) is 0 Å². The Morgan fingerprint density at radius 3 is 2.26 bits per heavy atom. The Balaban J connectivity index is 1.53. The lowest BCUT2D eigenvalue weighted by Crippen LogP contribution is -2.57. The van der Waals surface area contributed by atoms with Crippen LogP contribution in [0.2, 0.25) is 0 Å². The van der Waals surface area contributed by atoms with E-state index in [9.17, 15) is 14.7 Å². The molecule has 0 unspecified atom stereocenters. The van der Waals surface area contributed by atoms with Gasteiger partial charge in [0, 0.05) is 62.0 Å². The lowest BCUT2D eigenvalue weighted by atomic mass is 10.1. The van der Waals surface area contributed by atoms with E-state index >= 15 is 0 Å². The molecule has 1 aromatic rings. The van der Waals surface area contributed by atoms with Gasteiger partial charge < -0.3 is 20.2 Å². The predicted octanol–water partition coefficient (Wildman–Crippen LogP) is 2.84. The molecule has 0 aromatic heterocycles. The molecular weight excluding hydrogens is 364 g/mol. The molecule has 2 aliphatic heterocycles. The molecule has 2 heterocycles. The minimum absolute atomic E-state index is 0.0208. The van der Waals surface area contributed by atoms with Crippen LogP contribution >= 0.6 is 11.8 Å². The van der Waals surface area contributed by atoms with Crippen molar-refractivity contribution in [3.63, 3.8) is 0 Å². The van der Waals surface area contributed by atoms with Crippen molar-refractivity contribution in [3.05, 3.63) is 29.8 Å². The minimum atomic E-state index is -0.845. The Hall–Kier alpha value is -1.93. The molecule has 3 amide bonds. The van der Waals surface area contributed by atoms with Crippen molar-refractivity contribution in [1.29, 1.82) is 0 Å². The van der Waals surface area contributed by atoms with Crippen LogP contribution in [0.5, 0.6) is 0 Å². The lowest BCUT2D eigenvalue weighted by Gasteiger charge is -2.42. The summed E-state index contributed by atoms with van der Waals surface area (Å²) in [7, 11) is 0. The SMILES string of the molecule is C[C@@H]1CN(Cc2ccc(NC(=O)N3CCSCC3)cc2)C[C@H](C)N1C(=O)O. The standard InChI is InChI=1S/C19H28N4O3S/c1-14-11-21(12-15(2)23(14)19(25)26)13-16-3-5-17(6-4-16)20-18(24)22-7-9-27-10-8-22/h3-6,14-15H,7-13H2,1-2H3,(H,20,24)(H,25,26)/t14-,15+. The van der Waals surface area contributed by atoms with Crippen LogP contribution in [0.4, 0.5) is 15.3 Å². The van der Waals surface area contributed by atoms with Crippen molar-refractivity contribution < 1.29 is 14.7 Å². The molecule has 0 aliphatic carbocycles. The highest BCUT2D eigenvalue weighted by Gasteiger charge is 2.32. The zero-order chi connectivity index (χ0) is 19.4. The fraction of sp³-hybridized carbons (Fsp3) is 0.579. The number of nitrogens with zero attached hydrogens (tertiary/aromatic N) is 3. The van der Waals surface area contributed by atoms with Gasteiger partial charge in [0.05, 0.1) is 0 Å².